The van der Waals surface area contributed by atoms with E-state index >= 15 is 0 Å². The Morgan fingerprint density at radius 3 is 2.83 bits per heavy atom. The summed E-state index contributed by atoms with van der Waals surface area (Å²) in [6.45, 7) is 3.74. The minimum Gasteiger partial charge on any atom is -0.355 e. The summed E-state index contributed by atoms with van der Waals surface area (Å²) in [4.78, 5) is 25.1. The summed E-state index contributed by atoms with van der Waals surface area (Å²) in [6.07, 6.45) is 8.03. The zero-order valence-corrected chi connectivity index (χ0v) is 17.4. The minimum atomic E-state index is -0.111. The van der Waals surface area contributed by atoms with Gasteiger partial charge in [-0.25, -0.2) is 4.98 Å². The Kier molecular flexibility index (Phi) is 6.20. The molecule has 1 aromatic carbocycles. The number of carbonyl (C=O) groups is 1. The fourth-order valence-corrected chi connectivity index (χ4v) is 4.64. The zero-order valence-electron chi connectivity index (χ0n) is 16.6. The molecule has 5 nitrogen and oxygen atoms in total. The Bertz CT molecular complexity index is 912. The molecule has 150 valence electrons. The van der Waals surface area contributed by atoms with Crippen molar-refractivity contribution in [2.24, 2.45) is 5.92 Å². The number of aryl methyl sites for hydroxylation is 1. The minimum absolute atomic E-state index is 0.0527. The van der Waals surface area contributed by atoms with Crippen molar-refractivity contribution in [1.82, 2.24) is 15.3 Å². The number of nitrogens with one attached hydrogen (secondary N) is 1. The van der Waals surface area contributed by atoms with Gasteiger partial charge in [-0.3, -0.25) is 9.78 Å². The average Bonchev–Trinajstić information content (AvgIpc) is 3.33. The number of thiophene rings is 1. The molecule has 6 heteroatoms. The van der Waals surface area contributed by atoms with Gasteiger partial charge < -0.3 is 10.2 Å². The van der Waals surface area contributed by atoms with Gasteiger partial charge in [-0.2, -0.15) is 0 Å². The van der Waals surface area contributed by atoms with Gasteiger partial charge in [-0.15, -0.1) is 11.3 Å². The number of benzene rings is 1. The van der Waals surface area contributed by atoms with Crippen LogP contribution in [-0.4, -0.2) is 29.0 Å². The van der Waals surface area contributed by atoms with Crippen LogP contribution in [0.1, 0.15) is 41.8 Å². The molecular weight excluding hydrogens is 380 g/mol. The van der Waals surface area contributed by atoms with Gasteiger partial charge >= 0.3 is 0 Å². The quantitative estimate of drug-likeness (QED) is 0.666. The Morgan fingerprint density at radius 1 is 1.28 bits per heavy atom. The summed E-state index contributed by atoms with van der Waals surface area (Å²) in [5, 5.41) is 5.38. The Labute approximate surface area is 175 Å². The normalized spacial score (nSPS) is 17.7. The first-order valence-corrected chi connectivity index (χ1v) is 11.1. The molecule has 1 amide bonds. The van der Waals surface area contributed by atoms with Crippen molar-refractivity contribution in [3.63, 3.8) is 0 Å². The summed E-state index contributed by atoms with van der Waals surface area (Å²) in [5.74, 6) is 0.898. The van der Waals surface area contributed by atoms with E-state index in [1.165, 1.54) is 5.56 Å². The van der Waals surface area contributed by atoms with Crippen LogP contribution in [0.5, 0.6) is 0 Å². The number of aromatic nitrogens is 2. The SMILES string of the molecule is CCc1ccc([C@H](NC(=O)[C@@H]2CCCN(c3cnccn3)C2)c2cccs2)cc1. The lowest BCUT2D eigenvalue weighted by molar-refractivity contribution is -0.125. The fourth-order valence-electron chi connectivity index (χ4n) is 3.83. The van der Waals surface area contributed by atoms with Gasteiger partial charge in [-0.1, -0.05) is 37.3 Å². The number of piperidine rings is 1. The van der Waals surface area contributed by atoms with Crippen molar-refractivity contribution in [3.8, 4) is 0 Å². The van der Waals surface area contributed by atoms with E-state index in [4.69, 9.17) is 0 Å². The number of nitrogens with zero attached hydrogens (tertiary/aromatic N) is 3. The first kappa shape index (κ1) is 19.6. The second kappa shape index (κ2) is 9.18. The van der Waals surface area contributed by atoms with E-state index in [-0.39, 0.29) is 17.9 Å². The molecule has 0 unspecified atom stereocenters. The summed E-state index contributed by atoms with van der Waals surface area (Å²) in [6, 6.07) is 12.6. The van der Waals surface area contributed by atoms with Gasteiger partial charge in [0.2, 0.25) is 5.91 Å². The first-order chi connectivity index (χ1) is 14.2. The molecular formula is C23H26N4OS. The second-order valence-electron chi connectivity index (χ2n) is 7.40. The summed E-state index contributed by atoms with van der Waals surface area (Å²) >= 11 is 1.68. The van der Waals surface area contributed by atoms with Crippen LogP contribution in [0.2, 0.25) is 0 Å². The molecule has 0 bridgehead atoms. The van der Waals surface area contributed by atoms with E-state index in [1.807, 2.05) is 6.07 Å². The largest absolute Gasteiger partial charge is 0.355 e. The van der Waals surface area contributed by atoms with Crippen molar-refractivity contribution < 1.29 is 4.79 Å². The Hall–Kier alpha value is -2.73. The molecule has 3 heterocycles. The van der Waals surface area contributed by atoms with Gasteiger partial charge in [0.25, 0.3) is 0 Å². The molecule has 4 rings (SSSR count). The maximum Gasteiger partial charge on any atom is 0.225 e. The third-order valence-electron chi connectivity index (χ3n) is 5.50. The second-order valence-corrected chi connectivity index (χ2v) is 8.38. The highest BCUT2D eigenvalue weighted by molar-refractivity contribution is 7.10. The van der Waals surface area contributed by atoms with E-state index in [0.717, 1.165) is 42.1 Å². The number of amides is 1. The fraction of sp³-hybridized carbons (Fsp3) is 0.348. The molecule has 3 aromatic rings. The van der Waals surface area contributed by atoms with Gasteiger partial charge in [-0.05, 0) is 41.8 Å². The van der Waals surface area contributed by atoms with Crippen LogP contribution in [-0.2, 0) is 11.2 Å². The highest BCUT2D eigenvalue weighted by Crippen LogP contribution is 2.28. The average molecular weight is 407 g/mol. The van der Waals surface area contributed by atoms with E-state index in [2.05, 4.69) is 62.8 Å². The zero-order chi connectivity index (χ0) is 20.1. The summed E-state index contributed by atoms with van der Waals surface area (Å²) in [5.41, 5.74) is 2.43. The van der Waals surface area contributed by atoms with Crippen molar-refractivity contribution in [1.29, 1.82) is 0 Å². The van der Waals surface area contributed by atoms with Crippen LogP contribution >= 0.6 is 11.3 Å². The van der Waals surface area contributed by atoms with Gasteiger partial charge in [0.15, 0.2) is 0 Å². The molecule has 1 saturated heterocycles. The van der Waals surface area contributed by atoms with Crippen molar-refractivity contribution in [2.45, 2.75) is 32.2 Å². The maximum absolute atomic E-state index is 13.2. The van der Waals surface area contributed by atoms with Crippen LogP contribution in [0.15, 0.2) is 60.4 Å². The van der Waals surface area contributed by atoms with Crippen LogP contribution in [0, 0.1) is 5.92 Å². The molecule has 0 saturated carbocycles. The van der Waals surface area contributed by atoms with Gasteiger partial charge in [0, 0.05) is 30.4 Å². The molecule has 1 fully saturated rings. The number of carbonyl (C=O) groups excluding carboxylic acids is 1. The topological polar surface area (TPSA) is 58.1 Å². The van der Waals surface area contributed by atoms with Crippen molar-refractivity contribution in [3.05, 3.63) is 76.4 Å². The smallest absolute Gasteiger partial charge is 0.225 e. The van der Waals surface area contributed by atoms with Gasteiger partial charge in [0.1, 0.15) is 5.82 Å². The number of hydrogen-bond acceptors (Lipinski definition) is 5. The first-order valence-electron chi connectivity index (χ1n) is 10.2. The van der Waals surface area contributed by atoms with E-state index < -0.39 is 0 Å². The highest BCUT2D eigenvalue weighted by Gasteiger charge is 2.29. The third kappa shape index (κ3) is 4.65. The molecule has 1 N–H and O–H groups in total. The molecule has 2 atom stereocenters. The monoisotopic (exact) mass is 406 g/mol. The molecule has 1 aliphatic rings. The van der Waals surface area contributed by atoms with Gasteiger partial charge in [0.05, 0.1) is 18.2 Å². The molecule has 0 spiro atoms. The van der Waals surface area contributed by atoms with Crippen LogP contribution in [0.4, 0.5) is 5.82 Å². The van der Waals surface area contributed by atoms with Crippen molar-refractivity contribution in [2.75, 3.05) is 18.0 Å². The van der Waals surface area contributed by atoms with Crippen LogP contribution in [0.3, 0.4) is 0 Å². The van der Waals surface area contributed by atoms with Crippen LogP contribution in [0.25, 0.3) is 0 Å². The van der Waals surface area contributed by atoms with Crippen molar-refractivity contribution >= 4 is 23.1 Å². The number of hydrogen-bond donors (Lipinski definition) is 1. The maximum atomic E-state index is 13.2. The van der Waals surface area contributed by atoms with E-state index in [1.54, 1.807) is 29.9 Å². The predicted molar refractivity (Wildman–Crippen MR) is 117 cm³/mol. The lowest BCUT2D eigenvalue weighted by atomic mass is 9.95. The van der Waals surface area contributed by atoms with Crippen LogP contribution < -0.4 is 10.2 Å². The lowest BCUT2D eigenvalue weighted by Crippen LogP contribution is -2.44. The molecule has 1 aliphatic heterocycles. The lowest BCUT2D eigenvalue weighted by Gasteiger charge is -2.33. The summed E-state index contributed by atoms with van der Waals surface area (Å²) < 4.78 is 0. The molecule has 0 aliphatic carbocycles. The summed E-state index contributed by atoms with van der Waals surface area (Å²) in [7, 11) is 0. The Balaban J connectivity index is 1.50. The van der Waals surface area contributed by atoms with E-state index in [0.29, 0.717) is 6.54 Å². The third-order valence-corrected chi connectivity index (χ3v) is 6.44. The molecule has 2 aromatic heterocycles. The number of anilines is 1. The predicted octanol–water partition coefficient (Wildman–Crippen LogP) is 4.22. The number of rotatable bonds is 6. The molecule has 0 radical (unpaired) electrons. The standard InChI is InChI=1S/C23H26N4OS/c1-2-17-7-9-18(10-8-17)22(20-6-4-14-29-20)26-23(28)19-5-3-13-27(16-19)21-15-24-11-12-25-21/h4,6-12,14-15,19,22H,2-3,5,13,16H2,1H3,(H,26,28)/t19-,22+/m1/s1. The Morgan fingerprint density at radius 2 is 2.14 bits per heavy atom. The van der Waals surface area contributed by atoms with E-state index in [9.17, 15) is 4.79 Å². The highest BCUT2D eigenvalue weighted by atomic mass is 32.1. The molecule has 29 heavy (non-hydrogen) atoms.